The van der Waals surface area contributed by atoms with Gasteiger partial charge in [0, 0.05) is 29.1 Å². The van der Waals surface area contributed by atoms with E-state index in [1.807, 2.05) is 48.7 Å². The number of nitrogens with one attached hydrogen (secondary N) is 1. The number of ketones is 1. The number of H-pyrrole nitrogens is 1. The molecule has 1 aromatic heterocycles. The minimum absolute atomic E-state index is 0.163. The lowest BCUT2D eigenvalue weighted by atomic mass is 10.0. The summed E-state index contributed by atoms with van der Waals surface area (Å²) in [5.41, 5.74) is 4.19. The van der Waals surface area contributed by atoms with Crippen LogP contribution in [-0.2, 0) is 12.8 Å². The molecule has 0 spiro atoms. The van der Waals surface area contributed by atoms with Gasteiger partial charge in [-0.05, 0) is 17.5 Å². The Morgan fingerprint density at radius 1 is 1.05 bits per heavy atom. The molecule has 0 aliphatic heterocycles. The Morgan fingerprint density at radius 2 is 1.85 bits per heavy atom. The van der Waals surface area contributed by atoms with Gasteiger partial charge in [0.15, 0.2) is 5.78 Å². The monoisotopic (exact) mass is 263 g/mol. The fourth-order valence-electron chi connectivity index (χ4n) is 2.62. The molecule has 3 aromatic rings. The van der Waals surface area contributed by atoms with Crippen molar-refractivity contribution in [2.45, 2.75) is 19.8 Å². The van der Waals surface area contributed by atoms with E-state index < -0.39 is 0 Å². The van der Waals surface area contributed by atoms with Crippen molar-refractivity contribution in [2.24, 2.45) is 0 Å². The highest BCUT2D eigenvalue weighted by Gasteiger charge is 2.13. The van der Waals surface area contributed by atoms with Crippen molar-refractivity contribution in [3.05, 3.63) is 71.4 Å². The Hall–Kier alpha value is -2.35. The van der Waals surface area contributed by atoms with Crippen molar-refractivity contribution in [3.8, 4) is 0 Å². The van der Waals surface area contributed by atoms with Gasteiger partial charge >= 0.3 is 0 Å². The van der Waals surface area contributed by atoms with Gasteiger partial charge in [-0.2, -0.15) is 0 Å². The van der Waals surface area contributed by atoms with Crippen LogP contribution in [0.15, 0.2) is 54.7 Å². The molecular formula is C18H17NO. The van der Waals surface area contributed by atoms with Gasteiger partial charge < -0.3 is 4.98 Å². The molecule has 2 nitrogen and oxygen atoms in total. The number of rotatable bonds is 4. The summed E-state index contributed by atoms with van der Waals surface area (Å²) in [6.45, 7) is 2.13. The van der Waals surface area contributed by atoms with Gasteiger partial charge in [-0.15, -0.1) is 0 Å². The number of aromatic nitrogens is 1. The molecule has 1 heterocycles. The van der Waals surface area contributed by atoms with Crippen molar-refractivity contribution in [1.82, 2.24) is 4.98 Å². The van der Waals surface area contributed by atoms with Crippen molar-refractivity contribution in [2.75, 3.05) is 0 Å². The van der Waals surface area contributed by atoms with Crippen LogP contribution in [0.1, 0.15) is 28.4 Å². The van der Waals surface area contributed by atoms with Crippen molar-refractivity contribution >= 4 is 16.7 Å². The highest BCUT2D eigenvalue weighted by Crippen LogP contribution is 2.23. The maximum absolute atomic E-state index is 12.5. The second-order valence-electron chi connectivity index (χ2n) is 4.98. The average molecular weight is 263 g/mol. The zero-order chi connectivity index (χ0) is 13.9. The molecule has 0 aliphatic carbocycles. The lowest BCUT2D eigenvalue weighted by molar-refractivity contribution is 0.0994. The van der Waals surface area contributed by atoms with Crippen LogP contribution >= 0.6 is 0 Å². The highest BCUT2D eigenvalue weighted by molar-refractivity contribution is 6.09. The van der Waals surface area contributed by atoms with E-state index in [2.05, 4.69) is 18.0 Å². The molecule has 3 rings (SSSR count). The second-order valence-corrected chi connectivity index (χ2v) is 4.98. The first-order valence-electron chi connectivity index (χ1n) is 6.95. The van der Waals surface area contributed by atoms with E-state index >= 15 is 0 Å². The van der Waals surface area contributed by atoms with Crippen LogP contribution < -0.4 is 0 Å². The lowest BCUT2D eigenvalue weighted by Gasteiger charge is -2.02. The van der Waals surface area contributed by atoms with Gasteiger partial charge in [-0.3, -0.25) is 4.79 Å². The minimum Gasteiger partial charge on any atom is -0.360 e. The summed E-state index contributed by atoms with van der Waals surface area (Å²) >= 11 is 0. The third-order valence-corrected chi connectivity index (χ3v) is 3.69. The summed E-state index contributed by atoms with van der Waals surface area (Å²) in [5, 5.41) is 1.03. The smallest absolute Gasteiger partial charge is 0.169 e. The number of aromatic amines is 1. The molecule has 1 N–H and O–H groups in total. The van der Waals surface area contributed by atoms with Crippen LogP contribution in [0.5, 0.6) is 0 Å². The zero-order valence-corrected chi connectivity index (χ0v) is 11.5. The number of carbonyl (C=O) groups excluding carboxylic acids is 1. The number of benzene rings is 2. The molecule has 0 radical (unpaired) electrons. The molecule has 0 unspecified atom stereocenters. The van der Waals surface area contributed by atoms with Crippen LogP contribution in [0, 0.1) is 0 Å². The van der Waals surface area contributed by atoms with Crippen molar-refractivity contribution < 1.29 is 4.79 Å². The Labute approximate surface area is 118 Å². The number of Topliss-reactive ketones (excluding diaryl/α,β-unsaturated/α-hetero) is 1. The van der Waals surface area contributed by atoms with E-state index in [4.69, 9.17) is 0 Å². The highest BCUT2D eigenvalue weighted by atomic mass is 16.1. The third-order valence-electron chi connectivity index (χ3n) is 3.69. The summed E-state index contributed by atoms with van der Waals surface area (Å²) in [6, 6.07) is 16.0. The fourth-order valence-corrected chi connectivity index (χ4v) is 2.62. The number of aryl methyl sites for hydroxylation is 1. The minimum atomic E-state index is 0.163. The van der Waals surface area contributed by atoms with Gasteiger partial charge in [0.25, 0.3) is 0 Å². The lowest BCUT2D eigenvalue weighted by Crippen LogP contribution is -2.02. The standard InChI is InChI=1S/C18H17NO/c1-2-14-9-6-10-15-16(12-19-18(14)15)17(20)11-13-7-4-3-5-8-13/h3-10,12,19H,2,11H2,1H3. The number of hydrogen-bond donors (Lipinski definition) is 1. The maximum atomic E-state index is 12.5. The number of hydrogen-bond acceptors (Lipinski definition) is 1. The van der Waals surface area contributed by atoms with Crippen LogP contribution in [0.4, 0.5) is 0 Å². The zero-order valence-electron chi connectivity index (χ0n) is 11.5. The Morgan fingerprint density at radius 3 is 2.60 bits per heavy atom. The van der Waals surface area contributed by atoms with Crippen LogP contribution in [-0.4, -0.2) is 10.8 Å². The third kappa shape index (κ3) is 2.25. The molecule has 0 saturated carbocycles. The fraction of sp³-hybridized carbons (Fsp3) is 0.167. The summed E-state index contributed by atoms with van der Waals surface area (Å²) in [5.74, 6) is 0.163. The van der Waals surface area contributed by atoms with Crippen molar-refractivity contribution in [3.63, 3.8) is 0 Å². The molecule has 20 heavy (non-hydrogen) atoms. The molecule has 0 fully saturated rings. The van der Waals surface area contributed by atoms with Gasteiger partial charge in [-0.25, -0.2) is 0 Å². The van der Waals surface area contributed by atoms with Crippen LogP contribution in [0.2, 0.25) is 0 Å². The number of fused-ring (bicyclic) bond motifs is 1. The molecule has 0 atom stereocenters. The number of para-hydroxylation sites is 1. The summed E-state index contributed by atoms with van der Waals surface area (Å²) in [6.07, 6.45) is 3.25. The normalized spacial score (nSPS) is 10.8. The van der Waals surface area contributed by atoms with E-state index in [1.165, 1.54) is 5.56 Å². The first kappa shape index (κ1) is 12.7. The van der Waals surface area contributed by atoms with Crippen molar-refractivity contribution in [1.29, 1.82) is 0 Å². The summed E-state index contributed by atoms with van der Waals surface area (Å²) in [4.78, 5) is 15.7. The van der Waals surface area contributed by atoms with Gasteiger partial charge in [0.2, 0.25) is 0 Å². The summed E-state index contributed by atoms with van der Waals surface area (Å²) in [7, 11) is 0. The maximum Gasteiger partial charge on any atom is 0.169 e. The molecule has 0 amide bonds. The molecule has 100 valence electrons. The molecule has 0 saturated heterocycles. The predicted octanol–water partition coefficient (Wildman–Crippen LogP) is 4.16. The molecule has 2 heteroatoms. The quantitative estimate of drug-likeness (QED) is 0.704. The van der Waals surface area contributed by atoms with Gasteiger partial charge in [0.05, 0.1) is 0 Å². The first-order chi connectivity index (χ1) is 9.79. The van der Waals surface area contributed by atoms with E-state index in [0.717, 1.165) is 28.5 Å². The average Bonchev–Trinajstić information content (AvgIpc) is 2.92. The largest absolute Gasteiger partial charge is 0.360 e. The Bertz CT molecular complexity index is 740. The Balaban J connectivity index is 1.96. The van der Waals surface area contributed by atoms with E-state index in [9.17, 15) is 4.79 Å². The van der Waals surface area contributed by atoms with E-state index in [0.29, 0.717) is 6.42 Å². The van der Waals surface area contributed by atoms with Gasteiger partial charge in [0.1, 0.15) is 0 Å². The van der Waals surface area contributed by atoms with Gasteiger partial charge in [-0.1, -0.05) is 55.5 Å². The predicted molar refractivity (Wildman–Crippen MR) is 82.2 cm³/mol. The summed E-state index contributed by atoms with van der Waals surface area (Å²) < 4.78 is 0. The molecule has 2 aromatic carbocycles. The van der Waals surface area contributed by atoms with Crippen LogP contribution in [0.25, 0.3) is 10.9 Å². The SMILES string of the molecule is CCc1cccc2c(C(=O)Cc3ccccc3)c[nH]c12. The molecular weight excluding hydrogens is 246 g/mol. The van der Waals surface area contributed by atoms with E-state index in [-0.39, 0.29) is 5.78 Å². The molecule has 0 aliphatic rings. The first-order valence-corrected chi connectivity index (χ1v) is 6.95. The van der Waals surface area contributed by atoms with E-state index in [1.54, 1.807) is 0 Å². The second kappa shape index (κ2) is 5.33. The Kier molecular flexibility index (Phi) is 3.38. The topological polar surface area (TPSA) is 32.9 Å². The number of carbonyl (C=O) groups is 1. The molecule has 0 bridgehead atoms. The van der Waals surface area contributed by atoms with Crippen LogP contribution in [0.3, 0.4) is 0 Å².